The molecule has 2 heterocycles. The molecule has 3 rings (SSSR count). The van der Waals surface area contributed by atoms with Gasteiger partial charge in [0.25, 0.3) is 0 Å². The van der Waals surface area contributed by atoms with Crippen LogP contribution in [0.25, 0.3) is 10.1 Å². The van der Waals surface area contributed by atoms with Gasteiger partial charge in [-0.2, -0.15) is 0 Å². The molecule has 1 fully saturated rings. The van der Waals surface area contributed by atoms with Gasteiger partial charge in [0.1, 0.15) is 5.82 Å². The summed E-state index contributed by atoms with van der Waals surface area (Å²) in [6.07, 6.45) is 1.76. The van der Waals surface area contributed by atoms with Crippen molar-refractivity contribution in [3.8, 4) is 0 Å². The molecule has 2 nitrogen and oxygen atoms in total. The van der Waals surface area contributed by atoms with Crippen LogP contribution in [0.3, 0.4) is 0 Å². The van der Waals surface area contributed by atoms with Crippen molar-refractivity contribution in [2.24, 2.45) is 11.3 Å². The van der Waals surface area contributed by atoms with Crippen molar-refractivity contribution in [3.05, 3.63) is 35.0 Å². The number of fused-ring (bicyclic) bond motifs is 1. The third-order valence-corrected chi connectivity index (χ3v) is 5.40. The Labute approximate surface area is 128 Å². The van der Waals surface area contributed by atoms with Crippen LogP contribution in [0.5, 0.6) is 0 Å². The maximum Gasteiger partial charge on any atom is 0.180 e. The molecular formula is C17H20FNOS. The lowest BCUT2D eigenvalue weighted by atomic mass is 9.75. The van der Waals surface area contributed by atoms with Gasteiger partial charge >= 0.3 is 0 Å². The summed E-state index contributed by atoms with van der Waals surface area (Å²) in [7, 11) is 0. The molecule has 1 aliphatic rings. The van der Waals surface area contributed by atoms with Crippen molar-refractivity contribution >= 4 is 27.2 Å². The van der Waals surface area contributed by atoms with E-state index in [1.807, 2.05) is 12.1 Å². The SMILES string of the molecule is CC(C)CC1(C(=O)c2cc3cccc(F)c3s2)CCNC1. The molecule has 1 unspecified atom stereocenters. The number of benzene rings is 1. The van der Waals surface area contributed by atoms with Gasteiger partial charge < -0.3 is 5.32 Å². The van der Waals surface area contributed by atoms with Gasteiger partial charge in [-0.1, -0.05) is 26.0 Å². The predicted octanol–water partition coefficient (Wildman–Crippen LogP) is 4.25. The van der Waals surface area contributed by atoms with Gasteiger partial charge in [0.15, 0.2) is 5.78 Å². The van der Waals surface area contributed by atoms with E-state index in [1.165, 1.54) is 17.4 Å². The Kier molecular flexibility index (Phi) is 3.84. The second-order valence-corrected chi connectivity index (χ2v) is 7.46. The van der Waals surface area contributed by atoms with Crippen LogP contribution in [0.2, 0.25) is 0 Å². The summed E-state index contributed by atoms with van der Waals surface area (Å²) >= 11 is 1.29. The number of nitrogens with one attached hydrogen (secondary N) is 1. The molecule has 1 saturated heterocycles. The lowest BCUT2D eigenvalue weighted by Crippen LogP contribution is -2.34. The van der Waals surface area contributed by atoms with Gasteiger partial charge in [0.2, 0.25) is 0 Å². The second kappa shape index (κ2) is 5.50. The highest BCUT2D eigenvalue weighted by atomic mass is 32.1. The van der Waals surface area contributed by atoms with Gasteiger partial charge in [0.05, 0.1) is 9.58 Å². The molecule has 1 atom stereocenters. The molecule has 0 spiro atoms. The Morgan fingerprint density at radius 3 is 2.90 bits per heavy atom. The number of hydrogen-bond acceptors (Lipinski definition) is 3. The minimum Gasteiger partial charge on any atom is -0.316 e. The summed E-state index contributed by atoms with van der Waals surface area (Å²) in [4.78, 5) is 13.7. The van der Waals surface area contributed by atoms with E-state index in [0.29, 0.717) is 15.5 Å². The summed E-state index contributed by atoms with van der Waals surface area (Å²) in [5.41, 5.74) is -0.314. The number of carbonyl (C=O) groups excluding carboxylic acids is 1. The molecule has 1 aliphatic heterocycles. The summed E-state index contributed by atoms with van der Waals surface area (Å²) in [5.74, 6) is 0.417. The lowest BCUT2D eigenvalue weighted by Gasteiger charge is -2.28. The van der Waals surface area contributed by atoms with Gasteiger partial charge in [0, 0.05) is 12.0 Å². The van der Waals surface area contributed by atoms with E-state index in [4.69, 9.17) is 0 Å². The molecule has 0 bridgehead atoms. The third-order valence-electron chi connectivity index (χ3n) is 4.24. The van der Waals surface area contributed by atoms with Crippen LogP contribution in [-0.2, 0) is 0 Å². The third kappa shape index (κ3) is 2.62. The van der Waals surface area contributed by atoms with Crippen LogP contribution >= 0.6 is 11.3 Å². The standard InChI is InChI=1S/C17H20FNOS/c1-11(2)9-17(6-7-19-10-17)16(20)14-8-12-4-3-5-13(18)15(12)21-14/h3-5,8,11,19H,6-7,9-10H2,1-2H3. The fourth-order valence-corrected chi connectivity index (χ4v) is 4.51. The van der Waals surface area contributed by atoms with Gasteiger partial charge in [-0.15, -0.1) is 11.3 Å². The van der Waals surface area contributed by atoms with Crippen molar-refractivity contribution in [1.29, 1.82) is 0 Å². The van der Waals surface area contributed by atoms with Crippen LogP contribution < -0.4 is 5.32 Å². The highest BCUT2D eigenvalue weighted by molar-refractivity contribution is 7.20. The van der Waals surface area contributed by atoms with Crippen molar-refractivity contribution in [3.63, 3.8) is 0 Å². The number of Topliss-reactive ketones (excluding diaryl/α,β-unsaturated/α-hetero) is 1. The van der Waals surface area contributed by atoms with Gasteiger partial charge in [-0.3, -0.25) is 4.79 Å². The number of thiophene rings is 1. The normalized spacial score (nSPS) is 22.3. The average molecular weight is 305 g/mol. The molecule has 1 aromatic heterocycles. The van der Waals surface area contributed by atoms with E-state index in [2.05, 4.69) is 19.2 Å². The maximum absolute atomic E-state index is 13.8. The average Bonchev–Trinajstić information content (AvgIpc) is 3.05. The lowest BCUT2D eigenvalue weighted by molar-refractivity contribution is 0.0787. The first-order valence-electron chi connectivity index (χ1n) is 7.45. The highest BCUT2D eigenvalue weighted by Crippen LogP contribution is 2.39. The number of carbonyl (C=O) groups is 1. The minimum atomic E-state index is -0.314. The fourth-order valence-electron chi connectivity index (χ4n) is 3.39. The smallest absolute Gasteiger partial charge is 0.180 e. The van der Waals surface area contributed by atoms with Crippen LogP contribution in [0.4, 0.5) is 4.39 Å². The quantitative estimate of drug-likeness (QED) is 0.856. The first-order valence-corrected chi connectivity index (χ1v) is 8.27. The molecule has 1 aromatic carbocycles. The Morgan fingerprint density at radius 2 is 2.29 bits per heavy atom. The number of rotatable bonds is 4. The van der Waals surface area contributed by atoms with Crippen LogP contribution in [0.1, 0.15) is 36.4 Å². The molecule has 112 valence electrons. The monoisotopic (exact) mass is 305 g/mol. The second-order valence-electron chi connectivity index (χ2n) is 6.40. The van der Waals surface area contributed by atoms with Crippen molar-refractivity contribution < 1.29 is 9.18 Å². The molecule has 4 heteroatoms. The van der Waals surface area contributed by atoms with Crippen LogP contribution in [0.15, 0.2) is 24.3 Å². The molecular weight excluding hydrogens is 285 g/mol. The molecule has 0 saturated carbocycles. The maximum atomic E-state index is 13.8. The number of ketones is 1. The molecule has 0 aliphatic carbocycles. The molecule has 2 aromatic rings. The largest absolute Gasteiger partial charge is 0.316 e. The number of hydrogen-bond donors (Lipinski definition) is 1. The van der Waals surface area contributed by atoms with E-state index >= 15 is 0 Å². The van der Waals surface area contributed by atoms with Crippen molar-refractivity contribution in [2.45, 2.75) is 26.7 Å². The van der Waals surface area contributed by atoms with E-state index in [1.54, 1.807) is 6.07 Å². The predicted molar refractivity (Wildman–Crippen MR) is 85.5 cm³/mol. The molecule has 21 heavy (non-hydrogen) atoms. The molecule has 1 N–H and O–H groups in total. The number of halogens is 1. The van der Waals surface area contributed by atoms with E-state index in [0.717, 1.165) is 31.3 Å². The summed E-state index contributed by atoms with van der Waals surface area (Å²) < 4.78 is 14.4. The van der Waals surface area contributed by atoms with E-state index in [-0.39, 0.29) is 17.0 Å². The van der Waals surface area contributed by atoms with Gasteiger partial charge in [-0.05, 0) is 42.8 Å². The Balaban J connectivity index is 2.00. The molecule has 0 radical (unpaired) electrons. The highest BCUT2D eigenvalue weighted by Gasteiger charge is 2.42. The minimum absolute atomic E-state index is 0.182. The summed E-state index contributed by atoms with van der Waals surface area (Å²) in [5, 5.41) is 4.15. The van der Waals surface area contributed by atoms with Crippen LogP contribution in [0, 0.1) is 17.2 Å². The van der Waals surface area contributed by atoms with Crippen molar-refractivity contribution in [1.82, 2.24) is 5.32 Å². The van der Waals surface area contributed by atoms with E-state index < -0.39 is 0 Å². The Bertz CT molecular complexity index is 670. The fraction of sp³-hybridized carbons (Fsp3) is 0.471. The zero-order valence-electron chi connectivity index (χ0n) is 12.4. The summed E-state index contributed by atoms with van der Waals surface area (Å²) in [6, 6.07) is 6.87. The Morgan fingerprint density at radius 1 is 1.48 bits per heavy atom. The van der Waals surface area contributed by atoms with Gasteiger partial charge in [-0.25, -0.2) is 4.39 Å². The van der Waals surface area contributed by atoms with Crippen molar-refractivity contribution in [2.75, 3.05) is 13.1 Å². The topological polar surface area (TPSA) is 29.1 Å². The van der Waals surface area contributed by atoms with Crippen LogP contribution in [-0.4, -0.2) is 18.9 Å². The Hall–Kier alpha value is -1.26. The zero-order valence-corrected chi connectivity index (χ0v) is 13.2. The summed E-state index contributed by atoms with van der Waals surface area (Å²) in [6.45, 7) is 5.92. The molecule has 0 amide bonds. The zero-order chi connectivity index (χ0) is 15.0. The van der Waals surface area contributed by atoms with E-state index in [9.17, 15) is 9.18 Å². The first kappa shape index (κ1) is 14.7. The first-order chi connectivity index (χ1) is 10.0.